The Kier molecular flexibility index (Phi) is 5.89. The van der Waals surface area contributed by atoms with Crippen molar-refractivity contribution in [2.24, 2.45) is 7.05 Å². The number of aromatic nitrogens is 2. The molecule has 2 N–H and O–H groups in total. The Balaban J connectivity index is 2.80. The lowest BCUT2D eigenvalue weighted by molar-refractivity contribution is -0.117. The maximum absolute atomic E-state index is 12.4. The number of anilines is 1. The highest BCUT2D eigenvalue weighted by Gasteiger charge is 2.27. The Bertz CT molecular complexity index is 538. The topological polar surface area (TPSA) is 105 Å². The van der Waals surface area contributed by atoms with E-state index in [0.29, 0.717) is 25.1 Å². The van der Waals surface area contributed by atoms with Crippen molar-refractivity contribution in [3.8, 4) is 0 Å². The summed E-state index contributed by atoms with van der Waals surface area (Å²) in [4.78, 5) is 39.2. The fourth-order valence-corrected chi connectivity index (χ4v) is 1.92. The molecule has 0 spiro atoms. The van der Waals surface area contributed by atoms with E-state index in [4.69, 9.17) is 0 Å². The summed E-state index contributed by atoms with van der Waals surface area (Å²) in [6.07, 6.45) is 1.51. The highest BCUT2D eigenvalue weighted by Crippen LogP contribution is 2.15. The van der Waals surface area contributed by atoms with E-state index >= 15 is 0 Å². The molecular formula is C13H20N4O4. The monoisotopic (exact) mass is 296 g/mol. The van der Waals surface area contributed by atoms with Crippen LogP contribution < -0.4 is 5.32 Å². The third-order valence-electron chi connectivity index (χ3n) is 3.01. The third-order valence-corrected chi connectivity index (χ3v) is 3.01. The predicted octanol–water partition coefficient (Wildman–Crippen LogP) is 1.34. The van der Waals surface area contributed by atoms with Crippen LogP contribution in [0.15, 0.2) is 6.33 Å². The SMILES string of the molecule is CNc1ncn(C)c1C(=O)N(CCCCC(C)=O)C(=O)O. The molecule has 116 valence electrons. The minimum absolute atomic E-state index is 0.0484. The van der Waals surface area contributed by atoms with Gasteiger partial charge in [-0.3, -0.25) is 4.79 Å². The second-order valence-electron chi connectivity index (χ2n) is 4.70. The number of amides is 2. The first-order chi connectivity index (χ1) is 9.88. The second kappa shape index (κ2) is 7.41. The number of hydrogen-bond donors (Lipinski definition) is 2. The average Bonchev–Trinajstić information content (AvgIpc) is 2.78. The van der Waals surface area contributed by atoms with Crippen molar-refractivity contribution in [3.05, 3.63) is 12.0 Å². The van der Waals surface area contributed by atoms with E-state index in [2.05, 4.69) is 10.3 Å². The van der Waals surface area contributed by atoms with Crippen LogP contribution in [0.25, 0.3) is 0 Å². The Labute approximate surface area is 122 Å². The molecule has 1 rings (SSSR count). The van der Waals surface area contributed by atoms with E-state index in [-0.39, 0.29) is 18.0 Å². The number of carboxylic acid groups (broad SMARTS) is 1. The Morgan fingerprint density at radius 2 is 2.05 bits per heavy atom. The first-order valence-electron chi connectivity index (χ1n) is 6.61. The van der Waals surface area contributed by atoms with Gasteiger partial charge in [0.05, 0.1) is 6.33 Å². The number of rotatable bonds is 7. The van der Waals surface area contributed by atoms with Gasteiger partial charge >= 0.3 is 6.09 Å². The van der Waals surface area contributed by atoms with Crippen LogP contribution in [0.3, 0.4) is 0 Å². The molecule has 1 aromatic rings. The Morgan fingerprint density at radius 1 is 1.38 bits per heavy atom. The molecule has 0 bridgehead atoms. The molecule has 0 aliphatic carbocycles. The van der Waals surface area contributed by atoms with Crippen LogP contribution in [0.1, 0.15) is 36.7 Å². The second-order valence-corrected chi connectivity index (χ2v) is 4.70. The van der Waals surface area contributed by atoms with Gasteiger partial charge in [-0.05, 0) is 19.8 Å². The van der Waals surface area contributed by atoms with Gasteiger partial charge < -0.3 is 19.8 Å². The van der Waals surface area contributed by atoms with Gasteiger partial charge in [-0.25, -0.2) is 14.7 Å². The molecule has 0 unspecified atom stereocenters. The Hall–Kier alpha value is -2.38. The first kappa shape index (κ1) is 16.7. The molecule has 1 aromatic heterocycles. The minimum Gasteiger partial charge on any atom is -0.465 e. The summed E-state index contributed by atoms with van der Waals surface area (Å²) in [7, 11) is 3.23. The fourth-order valence-electron chi connectivity index (χ4n) is 1.92. The Morgan fingerprint density at radius 3 is 2.57 bits per heavy atom. The summed E-state index contributed by atoms with van der Waals surface area (Å²) in [5.41, 5.74) is 0.187. The normalized spacial score (nSPS) is 10.2. The maximum Gasteiger partial charge on any atom is 0.414 e. The van der Waals surface area contributed by atoms with Gasteiger partial charge in [0.2, 0.25) is 0 Å². The first-order valence-corrected chi connectivity index (χ1v) is 6.61. The van der Waals surface area contributed by atoms with E-state index in [1.807, 2.05) is 0 Å². The van der Waals surface area contributed by atoms with Crippen LogP contribution in [0.4, 0.5) is 10.6 Å². The van der Waals surface area contributed by atoms with Crippen LogP contribution in [0, 0.1) is 0 Å². The van der Waals surface area contributed by atoms with Gasteiger partial charge in [-0.1, -0.05) is 0 Å². The van der Waals surface area contributed by atoms with Crippen LogP contribution in [-0.2, 0) is 11.8 Å². The fraction of sp³-hybridized carbons (Fsp3) is 0.538. The zero-order chi connectivity index (χ0) is 16.0. The van der Waals surface area contributed by atoms with Crippen LogP contribution >= 0.6 is 0 Å². The standard InChI is InChI=1S/C13H20N4O4/c1-9(18)6-4-5-7-17(13(20)21)12(19)10-11(14-2)15-8-16(10)3/h8,14H,4-7H2,1-3H3,(H,20,21). The molecule has 8 heteroatoms. The summed E-state index contributed by atoms with van der Waals surface area (Å²) in [6.45, 7) is 1.53. The number of imide groups is 1. The number of carbonyl (C=O) groups is 3. The molecule has 0 aliphatic heterocycles. The molecule has 0 fully saturated rings. The summed E-state index contributed by atoms with van der Waals surface area (Å²) >= 11 is 0. The van der Waals surface area contributed by atoms with Crippen molar-refractivity contribution >= 4 is 23.6 Å². The number of aryl methyl sites for hydroxylation is 1. The number of unbranched alkanes of at least 4 members (excludes halogenated alkanes) is 1. The van der Waals surface area contributed by atoms with Gasteiger partial charge in [-0.2, -0.15) is 0 Å². The quantitative estimate of drug-likeness (QED) is 0.736. The van der Waals surface area contributed by atoms with Gasteiger partial charge in [0, 0.05) is 27.1 Å². The van der Waals surface area contributed by atoms with E-state index in [0.717, 1.165) is 4.90 Å². The highest BCUT2D eigenvalue weighted by atomic mass is 16.4. The van der Waals surface area contributed by atoms with Gasteiger partial charge in [0.15, 0.2) is 11.5 Å². The summed E-state index contributed by atoms with van der Waals surface area (Å²) in [5.74, 6) is -0.250. The molecule has 0 aliphatic rings. The predicted molar refractivity (Wildman–Crippen MR) is 76.3 cm³/mol. The van der Waals surface area contributed by atoms with Crippen molar-refractivity contribution < 1.29 is 19.5 Å². The number of nitrogens with zero attached hydrogens (tertiary/aromatic N) is 3. The molecular weight excluding hydrogens is 276 g/mol. The molecule has 2 amide bonds. The summed E-state index contributed by atoms with van der Waals surface area (Å²) in [6, 6.07) is 0. The largest absolute Gasteiger partial charge is 0.465 e. The number of ketones is 1. The van der Waals surface area contributed by atoms with E-state index in [1.54, 1.807) is 14.1 Å². The maximum atomic E-state index is 12.4. The van der Waals surface area contributed by atoms with Gasteiger partial charge in [0.1, 0.15) is 5.78 Å². The zero-order valence-electron chi connectivity index (χ0n) is 12.4. The molecule has 0 aromatic carbocycles. The van der Waals surface area contributed by atoms with Gasteiger partial charge in [0.25, 0.3) is 5.91 Å². The van der Waals surface area contributed by atoms with E-state index in [1.165, 1.54) is 17.8 Å². The molecule has 0 saturated carbocycles. The molecule has 0 atom stereocenters. The number of hydrogen-bond acceptors (Lipinski definition) is 5. The van der Waals surface area contributed by atoms with Crippen LogP contribution in [0.5, 0.6) is 0 Å². The lowest BCUT2D eigenvalue weighted by Gasteiger charge is -2.18. The van der Waals surface area contributed by atoms with E-state index in [9.17, 15) is 19.5 Å². The minimum atomic E-state index is -1.31. The summed E-state index contributed by atoms with van der Waals surface area (Å²) in [5, 5.41) is 11.9. The number of carbonyl (C=O) groups excluding carboxylic acids is 2. The highest BCUT2D eigenvalue weighted by molar-refractivity contribution is 6.04. The third kappa shape index (κ3) is 4.30. The zero-order valence-corrected chi connectivity index (χ0v) is 12.4. The lowest BCUT2D eigenvalue weighted by atomic mass is 10.2. The van der Waals surface area contributed by atoms with Crippen molar-refractivity contribution in [1.29, 1.82) is 0 Å². The van der Waals surface area contributed by atoms with Crippen molar-refractivity contribution in [2.45, 2.75) is 26.2 Å². The number of Topliss-reactive ketones (excluding diaryl/α,β-unsaturated/α-hetero) is 1. The smallest absolute Gasteiger partial charge is 0.414 e. The van der Waals surface area contributed by atoms with Crippen LogP contribution in [-0.4, -0.2) is 50.9 Å². The molecule has 0 saturated heterocycles. The number of nitrogens with one attached hydrogen (secondary N) is 1. The average molecular weight is 296 g/mol. The molecule has 0 radical (unpaired) electrons. The summed E-state index contributed by atoms with van der Waals surface area (Å²) < 4.78 is 1.47. The lowest BCUT2D eigenvalue weighted by Crippen LogP contribution is -2.37. The molecule has 1 heterocycles. The van der Waals surface area contributed by atoms with Gasteiger partial charge in [-0.15, -0.1) is 0 Å². The molecule has 21 heavy (non-hydrogen) atoms. The number of imidazole rings is 1. The molecule has 8 nitrogen and oxygen atoms in total. The van der Waals surface area contributed by atoms with Crippen molar-refractivity contribution in [1.82, 2.24) is 14.5 Å². The van der Waals surface area contributed by atoms with Crippen molar-refractivity contribution in [3.63, 3.8) is 0 Å². The van der Waals surface area contributed by atoms with Crippen molar-refractivity contribution in [2.75, 3.05) is 18.9 Å². The van der Waals surface area contributed by atoms with Crippen LogP contribution in [0.2, 0.25) is 0 Å². The van der Waals surface area contributed by atoms with E-state index < -0.39 is 12.0 Å².